The highest BCUT2D eigenvalue weighted by atomic mass is 35.5. The van der Waals surface area contributed by atoms with E-state index in [9.17, 15) is 0 Å². The Kier molecular flexibility index (Phi) is 3.48. The van der Waals surface area contributed by atoms with E-state index in [2.05, 4.69) is 4.98 Å². The quantitative estimate of drug-likeness (QED) is 0.759. The van der Waals surface area contributed by atoms with E-state index in [0.717, 1.165) is 0 Å². The number of nitrogens with zero attached hydrogens (tertiary/aromatic N) is 1. The lowest BCUT2D eigenvalue weighted by atomic mass is 10.1. The molecule has 1 aromatic heterocycles. The maximum Gasteiger partial charge on any atom is 0.232 e. The zero-order valence-electron chi connectivity index (χ0n) is 7.20. The summed E-state index contributed by atoms with van der Waals surface area (Å²) in [6.07, 6.45) is 1.53. The van der Waals surface area contributed by atoms with Gasteiger partial charge in [0.15, 0.2) is 0 Å². The van der Waals surface area contributed by atoms with Crippen LogP contribution in [-0.4, -0.2) is 23.8 Å². The number of ether oxygens (including phenoxy) is 1. The van der Waals surface area contributed by atoms with E-state index < -0.39 is 6.04 Å². The van der Waals surface area contributed by atoms with E-state index in [4.69, 9.17) is 27.2 Å². The molecule has 5 heteroatoms. The van der Waals surface area contributed by atoms with E-state index >= 15 is 0 Å². The first-order valence-electron chi connectivity index (χ1n) is 3.75. The van der Waals surface area contributed by atoms with E-state index in [1.165, 1.54) is 13.3 Å². The van der Waals surface area contributed by atoms with Crippen LogP contribution in [0.2, 0.25) is 5.02 Å². The molecule has 0 spiro atoms. The smallest absolute Gasteiger partial charge is 0.232 e. The van der Waals surface area contributed by atoms with Gasteiger partial charge in [-0.15, -0.1) is 0 Å². The van der Waals surface area contributed by atoms with Crippen LogP contribution in [-0.2, 0) is 0 Å². The number of hydrogen-bond acceptors (Lipinski definition) is 4. The Morgan fingerprint density at radius 2 is 2.46 bits per heavy atom. The number of rotatable bonds is 3. The van der Waals surface area contributed by atoms with Crippen molar-refractivity contribution in [2.75, 3.05) is 13.7 Å². The molecule has 0 aromatic carbocycles. The van der Waals surface area contributed by atoms with Crippen LogP contribution in [0.5, 0.6) is 5.88 Å². The number of aromatic nitrogens is 1. The molecular weight excluding hydrogens is 192 g/mol. The fourth-order valence-corrected chi connectivity index (χ4v) is 1.15. The van der Waals surface area contributed by atoms with Gasteiger partial charge in [0.05, 0.1) is 19.8 Å². The van der Waals surface area contributed by atoms with Gasteiger partial charge in [-0.2, -0.15) is 0 Å². The van der Waals surface area contributed by atoms with Gasteiger partial charge in [-0.3, -0.25) is 0 Å². The molecule has 0 unspecified atom stereocenters. The highest BCUT2D eigenvalue weighted by Gasteiger charge is 2.08. The van der Waals surface area contributed by atoms with Crippen LogP contribution in [0.25, 0.3) is 0 Å². The summed E-state index contributed by atoms with van der Waals surface area (Å²) < 4.78 is 4.87. The van der Waals surface area contributed by atoms with Crippen LogP contribution in [0.15, 0.2) is 12.3 Å². The van der Waals surface area contributed by atoms with Gasteiger partial charge < -0.3 is 15.6 Å². The molecule has 1 aromatic rings. The fourth-order valence-electron chi connectivity index (χ4n) is 0.899. The van der Waals surface area contributed by atoms with E-state index in [0.29, 0.717) is 16.5 Å². The minimum absolute atomic E-state index is 0.135. The van der Waals surface area contributed by atoms with Crippen molar-refractivity contribution in [1.82, 2.24) is 4.98 Å². The molecule has 0 saturated carbocycles. The van der Waals surface area contributed by atoms with Crippen molar-refractivity contribution < 1.29 is 9.84 Å². The van der Waals surface area contributed by atoms with Crippen molar-refractivity contribution in [1.29, 1.82) is 0 Å². The third-order valence-electron chi connectivity index (χ3n) is 1.65. The molecule has 0 saturated heterocycles. The molecular formula is C8H11ClN2O2. The number of nitrogens with two attached hydrogens (primary N) is 1. The second kappa shape index (κ2) is 4.41. The lowest BCUT2D eigenvalue weighted by molar-refractivity contribution is 0.267. The molecule has 3 N–H and O–H groups in total. The van der Waals surface area contributed by atoms with Gasteiger partial charge >= 0.3 is 0 Å². The van der Waals surface area contributed by atoms with Gasteiger partial charge in [0.1, 0.15) is 5.02 Å². The summed E-state index contributed by atoms with van der Waals surface area (Å²) in [5.41, 5.74) is 6.25. The maximum absolute atomic E-state index is 8.78. The molecule has 0 bridgehead atoms. The normalized spacial score (nSPS) is 12.6. The molecule has 0 aliphatic carbocycles. The lowest BCUT2D eigenvalue weighted by Gasteiger charge is -2.09. The predicted molar refractivity (Wildman–Crippen MR) is 49.8 cm³/mol. The third kappa shape index (κ3) is 2.30. The van der Waals surface area contributed by atoms with Crippen LogP contribution >= 0.6 is 11.6 Å². The fraction of sp³-hybridized carbons (Fsp3) is 0.375. The maximum atomic E-state index is 8.78. The minimum Gasteiger partial charge on any atom is -0.480 e. The first kappa shape index (κ1) is 10.2. The van der Waals surface area contributed by atoms with Gasteiger partial charge in [-0.25, -0.2) is 4.98 Å². The zero-order chi connectivity index (χ0) is 9.84. The monoisotopic (exact) mass is 202 g/mol. The van der Waals surface area contributed by atoms with Crippen LogP contribution < -0.4 is 10.5 Å². The van der Waals surface area contributed by atoms with Crippen LogP contribution in [0.3, 0.4) is 0 Å². The average molecular weight is 203 g/mol. The average Bonchev–Trinajstić information content (AvgIpc) is 2.16. The van der Waals surface area contributed by atoms with Crippen molar-refractivity contribution >= 4 is 11.6 Å². The molecule has 1 heterocycles. The Labute approximate surface area is 81.3 Å². The Hall–Kier alpha value is -0.840. The SMILES string of the molecule is COc1ncc([C@H](N)CO)cc1Cl. The Morgan fingerprint density at radius 1 is 1.77 bits per heavy atom. The molecule has 13 heavy (non-hydrogen) atoms. The summed E-state index contributed by atoms with van der Waals surface area (Å²) in [7, 11) is 1.49. The highest BCUT2D eigenvalue weighted by Crippen LogP contribution is 2.23. The van der Waals surface area contributed by atoms with Crippen molar-refractivity contribution in [2.24, 2.45) is 5.73 Å². The van der Waals surface area contributed by atoms with Crippen molar-refractivity contribution in [3.63, 3.8) is 0 Å². The molecule has 4 nitrogen and oxygen atoms in total. The molecule has 0 amide bonds. The Morgan fingerprint density at radius 3 is 2.92 bits per heavy atom. The number of halogens is 1. The van der Waals surface area contributed by atoms with E-state index in [1.807, 2.05) is 0 Å². The van der Waals surface area contributed by atoms with Gasteiger partial charge in [0.25, 0.3) is 0 Å². The molecule has 1 rings (SSSR count). The first-order chi connectivity index (χ1) is 6.19. The second-order valence-corrected chi connectivity index (χ2v) is 2.96. The number of methoxy groups -OCH3 is 1. The summed E-state index contributed by atoms with van der Waals surface area (Å²) in [5, 5.41) is 9.17. The summed E-state index contributed by atoms with van der Waals surface area (Å²) in [6.45, 7) is -0.135. The topological polar surface area (TPSA) is 68.4 Å². The number of aliphatic hydroxyl groups is 1. The summed E-state index contributed by atoms with van der Waals surface area (Å²) >= 11 is 5.81. The van der Waals surface area contributed by atoms with E-state index in [1.54, 1.807) is 6.07 Å². The third-order valence-corrected chi connectivity index (χ3v) is 1.92. The summed E-state index contributed by atoms with van der Waals surface area (Å²) in [4.78, 5) is 3.92. The van der Waals surface area contributed by atoms with Crippen LogP contribution in [0.1, 0.15) is 11.6 Å². The van der Waals surface area contributed by atoms with E-state index in [-0.39, 0.29) is 6.61 Å². The molecule has 0 aliphatic rings. The number of aliphatic hydroxyl groups excluding tert-OH is 1. The molecule has 0 aliphatic heterocycles. The van der Waals surface area contributed by atoms with Crippen molar-refractivity contribution in [3.05, 3.63) is 22.8 Å². The van der Waals surface area contributed by atoms with Gasteiger partial charge in [0.2, 0.25) is 5.88 Å². The van der Waals surface area contributed by atoms with Crippen LogP contribution in [0, 0.1) is 0 Å². The molecule has 1 atom stereocenters. The molecule has 72 valence electrons. The largest absolute Gasteiger partial charge is 0.480 e. The van der Waals surface area contributed by atoms with Gasteiger partial charge in [0, 0.05) is 6.20 Å². The second-order valence-electron chi connectivity index (χ2n) is 2.55. The van der Waals surface area contributed by atoms with Crippen molar-refractivity contribution in [3.8, 4) is 5.88 Å². The summed E-state index contributed by atoms with van der Waals surface area (Å²) in [5.74, 6) is 0.357. The molecule has 0 fully saturated rings. The standard InChI is InChI=1S/C8H11ClN2O2/c1-13-8-6(9)2-5(3-11-8)7(10)4-12/h2-3,7,12H,4,10H2,1H3/t7-/m1/s1. The Balaban J connectivity index is 2.95. The van der Waals surface area contributed by atoms with Crippen molar-refractivity contribution in [2.45, 2.75) is 6.04 Å². The number of hydrogen-bond donors (Lipinski definition) is 2. The summed E-state index contributed by atoms with van der Waals surface area (Å²) in [6, 6.07) is 1.18. The lowest BCUT2D eigenvalue weighted by Crippen LogP contribution is -2.14. The minimum atomic E-state index is -0.448. The Bertz CT molecular complexity index is 293. The molecule has 0 radical (unpaired) electrons. The zero-order valence-corrected chi connectivity index (χ0v) is 7.95. The predicted octanol–water partition coefficient (Wildman–Crippen LogP) is 0.736. The van der Waals surface area contributed by atoms with Gasteiger partial charge in [-0.05, 0) is 11.6 Å². The highest BCUT2D eigenvalue weighted by molar-refractivity contribution is 6.31. The van der Waals surface area contributed by atoms with Crippen LogP contribution in [0.4, 0.5) is 0 Å². The van der Waals surface area contributed by atoms with Gasteiger partial charge in [-0.1, -0.05) is 11.6 Å². The number of pyridine rings is 1. The first-order valence-corrected chi connectivity index (χ1v) is 4.12.